The van der Waals surface area contributed by atoms with Crippen molar-refractivity contribution in [1.82, 2.24) is 34.7 Å². The summed E-state index contributed by atoms with van der Waals surface area (Å²) in [7, 11) is 0. The van der Waals surface area contributed by atoms with E-state index in [2.05, 4.69) is 25.3 Å². The van der Waals surface area contributed by atoms with Crippen LogP contribution in [0.4, 0.5) is 19.0 Å². The Balaban J connectivity index is 0.000000125. The Labute approximate surface area is 517 Å². The van der Waals surface area contributed by atoms with E-state index in [1.54, 1.807) is 86.0 Å². The van der Waals surface area contributed by atoms with Crippen LogP contribution in [0.1, 0.15) is 97.0 Å². The van der Waals surface area contributed by atoms with Crippen molar-refractivity contribution >= 4 is 73.3 Å². The molecular weight excluding hydrogens is 1160 g/mol. The molecule has 4 N–H and O–H groups in total. The van der Waals surface area contributed by atoms with Gasteiger partial charge in [0.1, 0.15) is 29.3 Å². The van der Waals surface area contributed by atoms with Crippen LogP contribution in [0.5, 0.6) is 0 Å². The first kappa shape index (κ1) is 58.1. The van der Waals surface area contributed by atoms with E-state index >= 15 is 0 Å². The molecule has 15 rings (SSSR count). The predicted molar refractivity (Wildman–Crippen MR) is 335 cm³/mol. The minimum atomic E-state index is -0.671. The molecule has 5 aromatic heterocycles. The largest absolute Gasteiger partial charge is 0.361 e. The highest BCUT2D eigenvalue weighted by Gasteiger charge is 2.42. The first-order valence-electron chi connectivity index (χ1n) is 29.0. The highest BCUT2D eigenvalue weighted by molar-refractivity contribution is 6.22. The van der Waals surface area contributed by atoms with Crippen molar-refractivity contribution in [2.24, 2.45) is 0 Å². The number of carbonyl (C=O) groups excluding carboxylic acids is 4. The standard InChI is InChI=1S/C25H18FN2O3.C25H17FN2O2.C22H18FN6O/c1-15(27-24(29)19-9-5-6-10-20(19)25(27)30)21-13-17-11-12-18(26)14-22(17)28(31)23(21)16-7-3-2-4-8-16;1-15(28-24(29)19-9-5-6-10-20(19)25(28)30)21-13-17-11-12-18(26)14-22(17)27-23(21)16-7-3-2-4-8-16;1-13(28-22-19-21(25-11-24-19)26-12-27-22)17-9-15-7-8-16(23)10-18(15)29(30)20(17)14-5-3-2-4-6-14/h2-15,31H,1H3;2-15H,1H3;2-13,30H,1H3,(H2,24,25,26,27,28)/q+1;;+1/t2*15-;13-/m000/s1. The second-order valence-corrected chi connectivity index (χ2v) is 21.9. The number of fused-ring (bicyclic) bond motifs is 6. The topological polar surface area (TPSA) is 202 Å². The Bertz CT molecular complexity index is 4990. The lowest BCUT2D eigenvalue weighted by Crippen LogP contribution is -2.39. The molecule has 3 atom stereocenters. The molecule has 13 aromatic rings. The quantitative estimate of drug-likeness (QED) is 0.0576. The molecule has 7 heterocycles. The van der Waals surface area contributed by atoms with E-state index in [-0.39, 0.29) is 41.0 Å². The first-order valence-corrected chi connectivity index (χ1v) is 29.0. The van der Waals surface area contributed by atoms with Crippen molar-refractivity contribution in [3.05, 3.63) is 281 Å². The fourth-order valence-electron chi connectivity index (χ4n) is 11.9. The van der Waals surface area contributed by atoms with Gasteiger partial charge in [0.2, 0.25) is 0 Å². The van der Waals surface area contributed by atoms with Crippen molar-refractivity contribution in [2.75, 3.05) is 5.32 Å². The number of amides is 4. The van der Waals surface area contributed by atoms with Crippen LogP contribution in [0.3, 0.4) is 0 Å². The molecule has 0 fully saturated rings. The zero-order valence-electron chi connectivity index (χ0n) is 48.8. The van der Waals surface area contributed by atoms with Crippen LogP contribution in [0, 0.1) is 17.5 Å². The molecule has 0 saturated carbocycles. The smallest absolute Gasteiger partial charge is 0.270 e. The number of hydrogen-bond acceptors (Lipinski definition) is 11. The van der Waals surface area contributed by atoms with Crippen LogP contribution in [0.15, 0.2) is 225 Å². The van der Waals surface area contributed by atoms with Crippen molar-refractivity contribution in [3.8, 4) is 33.8 Å². The van der Waals surface area contributed by atoms with E-state index in [9.17, 15) is 42.8 Å². The van der Waals surface area contributed by atoms with Gasteiger partial charge in [0.25, 0.3) is 46.0 Å². The number of carbonyl (C=O) groups is 4. The Morgan fingerprint density at radius 3 is 1.38 bits per heavy atom. The number of halogens is 3. The number of imide groups is 2. The average molecular weight is 1210 g/mol. The molecule has 16 nitrogen and oxygen atoms in total. The molecule has 2 aliphatic heterocycles. The summed E-state index contributed by atoms with van der Waals surface area (Å²) >= 11 is 0. The van der Waals surface area contributed by atoms with Gasteiger partial charge in [-0.05, 0) is 124 Å². The third-order valence-electron chi connectivity index (χ3n) is 16.4. The average Bonchev–Trinajstić information content (AvgIpc) is 1.81. The van der Waals surface area contributed by atoms with Crippen molar-refractivity contribution < 1.29 is 52.2 Å². The van der Waals surface area contributed by atoms with Gasteiger partial charge in [0, 0.05) is 32.0 Å². The summed E-state index contributed by atoms with van der Waals surface area (Å²) < 4.78 is 43.5. The molecule has 0 saturated heterocycles. The summed E-state index contributed by atoms with van der Waals surface area (Å²) in [5, 5.41) is 27.5. The number of nitrogens with zero attached hydrogens (tertiary/aromatic N) is 8. The predicted octanol–water partition coefficient (Wildman–Crippen LogP) is 13.9. The number of rotatable bonds is 10. The molecule has 0 bridgehead atoms. The summed E-state index contributed by atoms with van der Waals surface area (Å²) in [6.07, 6.45) is 3.02. The summed E-state index contributed by atoms with van der Waals surface area (Å²) in [5.41, 5.74) is 10.0. The summed E-state index contributed by atoms with van der Waals surface area (Å²) in [6.45, 7) is 5.54. The molecule has 8 aromatic carbocycles. The summed E-state index contributed by atoms with van der Waals surface area (Å²) in [6, 6.07) is 58.7. The van der Waals surface area contributed by atoms with Crippen LogP contribution < -0.4 is 14.8 Å². The molecule has 0 radical (unpaired) electrons. The Kier molecular flexibility index (Phi) is 15.3. The van der Waals surface area contributed by atoms with Crippen LogP contribution >= 0.6 is 0 Å². The van der Waals surface area contributed by atoms with Gasteiger partial charge >= 0.3 is 0 Å². The maximum absolute atomic E-state index is 13.9. The number of H-pyrrole nitrogens is 1. The maximum Gasteiger partial charge on any atom is 0.270 e. The number of pyridine rings is 3. The minimum absolute atomic E-state index is 0.241. The molecule has 4 amide bonds. The molecule has 19 heteroatoms. The second-order valence-electron chi connectivity index (χ2n) is 21.9. The molecular formula is C72H53F3N10O6+2. The Morgan fingerprint density at radius 2 is 0.879 bits per heavy atom. The van der Waals surface area contributed by atoms with Gasteiger partial charge in [-0.3, -0.25) is 39.4 Å². The van der Waals surface area contributed by atoms with Gasteiger partial charge in [-0.1, -0.05) is 91.0 Å². The lowest BCUT2D eigenvalue weighted by molar-refractivity contribution is -0.876. The molecule has 446 valence electrons. The van der Waals surface area contributed by atoms with E-state index < -0.39 is 23.7 Å². The monoisotopic (exact) mass is 1210 g/mol. The van der Waals surface area contributed by atoms with Crippen LogP contribution in [0.25, 0.3) is 77.6 Å². The number of benzene rings is 8. The SMILES string of the molecule is C[C@@H](c1cc2ccc(F)cc2[n+](O)c1-c1ccccc1)N1C(=O)c2ccccc2C1=O.C[C@@H](c1cc2ccc(F)cc2nc1-c1ccccc1)N1C(=O)c2ccccc2C1=O.C[C@H](Nc1ncnc2nc[nH]c12)c1cc2ccc(F)cc2[n+](O)c1-c1ccccc1. The van der Waals surface area contributed by atoms with Gasteiger partial charge in [-0.15, -0.1) is 0 Å². The normalized spacial score (nSPS) is 13.6. The van der Waals surface area contributed by atoms with Crippen LogP contribution in [-0.2, 0) is 0 Å². The Morgan fingerprint density at radius 1 is 0.462 bits per heavy atom. The number of nitrogens with one attached hydrogen (secondary N) is 2. The minimum Gasteiger partial charge on any atom is -0.361 e. The van der Waals surface area contributed by atoms with E-state index in [0.29, 0.717) is 83.9 Å². The van der Waals surface area contributed by atoms with Crippen LogP contribution in [0.2, 0.25) is 0 Å². The van der Waals surface area contributed by atoms with Crippen molar-refractivity contribution in [3.63, 3.8) is 0 Å². The fourth-order valence-corrected chi connectivity index (χ4v) is 11.9. The number of aromatic amines is 1. The summed E-state index contributed by atoms with van der Waals surface area (Å²) in [5.74, 6) is -2.04. The number of imidazole rings is 1. The molecule has 91 heavy (non-hydrogen) atoms. The lowest BCUT2D eigenvalue weighted by atomic mass is 9.97. The maximum atomic E-state index is 13.9. The van der Waals surface area contributed by atoms with Gasteiger partial charge in [-0.25, -0.2) is 33.1 Å². The molecule has 0 aliphatic carbocycles. The molecule has 0 spiro atoms. The Hall–Kier alpha value is -12.0. The van der Waals surface area contributed by atoms with Gasteiger partial charge < -0.3 is 10.3 Å². The van der Waals surface area contributed by atoms with E-state index in [4.69, 9.17) is 4.98 Å². The fraction of sp³-hybridized carbons (Fsp3) is 0.0833. The zero-order valence-corrected chi connectivity index (χ0v) is 48.8. The van der Waals surface area contributed by atoms with Crippen molar-refractivity contribution in [2.45, 2.75) is 38.9 Å². The highest BCUT2D eigenvalue weighted by atomic mass is 19.1. The third kappa shape index (κ3) is 10.7. The second kappa shape index (κ2) is 23.9. The van der Waals surface area contributed by atoms with E-state index in [0.717, 1.165) is 42.5 Å². The van der Waals surface area contributed by atoms with E-state index in [1.807, 2.05) is 117 Å². The van der Waals surface area contributed by atoms with Gasteiger partial charge in [0.05, 0.1) is 103 Å². The van der Waals surface area contributed by atoms with E-state index in [1.165, 1.54) is 52.5 Å². The van der Waals surface area contributed by atoms with Crippen molar-refractivity contribution in [1.29, 1.82) is 0 Å². The number of hydrogen-bond donors (Lipinski definition) is 4. The summed E-state index contributed by atoms with van der Waals surface area (Å²) in [4.78, 5) is 75.0. The van der Waals surface area contributed by atoms with Crippen LogP contribution in [-0.4, -0.2) is 68.8 Å². The molecule has 2 aliphatic rings. The third-order valence-corrected chi connectivity index (χ3v) is 16.4. The number of anilines is 1. The molecule has 0 unspecified atom stereocenters. The highest BCUT2D eigenvalue weighted by Crippen LogP contribution is 2.39. The first-order chi connectivity index (χ1) is 44.1. The van der Waals surface area contributed by atoms with Gasteiger partial charge in [0.15, 0.2) is 11.5 Å². The number of aromatic nitrogens is 7. The van der Waals surface area contributed by atoms with Gasteiger partial charge in [-0.2, -0.15) is 0 Å². The lowest BCUT2D eigenvalue weighted by Gasteiger charge is -2.25. The zero-order chi connectivity index (χ0) is 63.2.